The van der Waals surface area contributed by atoms with Crippen molar-refractivity contribution < 1.29 is 13.2 Å². The van der Waals surface area contributed by atoms with Crippen LogP contribution in [0.3, 0.4) is 0 Å². The third-order valence-electron chi connectivity index (χ3n) is 3.46. The molecule has 0 radical (unpaired) electrons. The molecule has 0 aliphatic heterocycles. The quantitative estimate of drug-likeness (QED) is 0.754. The molecule has 120 valence electrons. The number of hydrogen-bond acceptors (Lipinski definition) is 5. The summed E-state index contributed by atoms with van der Waals surface area (Å²) in [6.07, 6.45) is 3.00. The molecule has 0 spiro atoms. The molecule has 21 heavy (non-hydrogen) atoms. The molecule has 0 amide bonds. The van der Waals surface area contributed by atoms with Gasteiger partial charge in [0.15, 0.2) is 5.03 Å². The second-order valence-electron chi connectivity index (χ2n) is 4.68. The second-order valence-corrected chi connectivity index (χ2v) is 6.49. The number of pyridine rings is 1. The molecule has 0 atom stereocenters. The zero-order valence-corrected chi connectivity index (χ0v) is 14.0. The molecule has 1 N–H and O–H groups in total. The molecular weight excluding hydrogens is 290 g/mol. The minimum absolute atomic E-state index is 0.0585. The summed E-state index contributed by atoms with van der Waals surface area (Å²) < 4.78 is 32.4. The van der Waals surface area contributed by atoms with Gasteiger partial charge in [-0.1, -0.05) is 13.8 Å². The Morgan fingerprint density at radius 1 is 1.38 bits per heavy atom. The average Bonchev–Trinajstić information content (AvgIpc) is 2.51. The van der Waals surface area contributed by atoms with Crippen LogP contribution in [0, 0.1) is 0 Å². The fourth-order valence-electron chi connectivity index (χ4n) is 2.27. The van der Waals surface area contributed by atoms with Crippen LogP contribution in [0.25, 0.3) is 0 Å². The number of methoxy groups -OCH3 is 1. The van der Waals surface area contributed by atoms with Crippen LogP contribution in [0.5, 0.6) is 0 Å². The van der Waals surface area contributed by atoms with Gasteiger partial charge in [-0.05, 0) is 25.0 Å². The summed E-state index contributed by atoms with van der Waals surface area (Å²) in [6.45, 7) is 4.66. The Bertz CT molecular complexity index is 530. The highest BCUT2D eigenvalue weighted by Crippen LogP contribution is 2.25. The molecule has 0 aliphatic carbocycles. The van der Waals surface area contributed by atoms with Crippen molar-refractivity contribution in [2.75, 3.05) is 32.6 Å². The zero-order chi connectivity index (χ0) is 15.9. The lowest BCUT2D eigenvalue weighted by atomic mass is 10.2. The van der Waals surface area contributed by atoms with Gasteiger partial charge in [0.25, 0.3) is 10.0 Å². The van der Waals surface area contributed by atoms with Crippen molar-refractivity contribution in [2.24, 2.45) is 0 Å². The molecule has 0 saturated heterocycles. The first-order valence-electron chi connectivity index (χ1n) is 7.16. The fraction of sp³-hybridized carbons (Fsp3) is 0.643. The highest BCUT2D eigenvalue weighted by Gasteiger charge is 2.32. The van der Waals surface area contributed by atoms with Gasteiger partial charge in [-0.15, -0.1) is 0 Å². The number of anilines is 1. The van der Waals surface area contributed by atoms with E-state index < -0.39 is 10.0 Å². The van der Waals surface area contributed by atoms with Gasteiger partial charge in [-0.25, -0.2) is 13.4 Å². The lowest BCUT2D eigenvalue weighted by molar-refractivity contribution is 0.163. The first kappa shape index (κ1) is 17.9. The van der Waals surface area contributed by atoms with E-state index in [4.69, 9.17) is 4.74 Å². The van der Waals surface area contributed by atoms with E-state index in [1.807, 2.05) is 13.8 Å². The Morgan fingerprint density at radius 3 is 2.57 bits per heavy atom. The Labute approximate surface area is 127 Å². The standard InChI is InChI=1S/C14H25N3O3S/c1-5-12(6-2)17(10-11-20-4)21(18,19)14-13(15-3)8-7-9-16-14/h7-9,12,15H,5-6,10-11H2,1-4H3. The smallest absolute Gasteiger partial charge is 0.262 e. The summed E-state index contributed by atoms with van der Waals surface area (Å²) in [6, 6.07) is 3.36. The van der Waals surface area contributed by atoms with Gasteiger partial charge >= 0.3 is 0 Å². The van der Waals surface area contributed by atoms with E-state index in [-0.39, 0.29) is 11.1 Å². The van der Waals surface area contributed by atoms with Gasteiger partial charge in [0.2, 0.25) is 0 Å². The van der Waals surface area contributed by atoms with Crippen LogP contribution in [0.2, 0.25) is 0 Å². The third-order valence-corrected chi connectivity index (χ3v) is 5.37. The van der Waals surface area contributed by atoms with E-state index in [0.29, 0.717) is 18.8 Å². The first-order valence-corrected chi connectivity index (χ1v) is 8.60. The van der Waals surface area contributed by atoms with Crippen LogP contribution in [0.15, 0.2) is 23.4 Å². The van der Waals surface area contributed by atoms with Crippen molar-refractivity contribution in [1.29, 1.82) is 0 Å². The van der Waals surface area contributed by atoms with Crippen LogP contribution in [-0.4, -0.2) is 51.1 Å². The van der Waals surface area contributed by atoms with E-state index in [0.717, 1.165) is 12.8 Å². The minimum Gasteiger partial charge on any atom is -0.386 e. The highest BCUT2D eigenvalue weighted by atomic mass is 32.2. The number of hydrogen-bond donors (Lipinski definition) is 1. The van der Waals surface area contributed by atoms with Gasteiger partial charge in [0, 0.05) is 32.9 Å². The third kappa shape index (κ3) is 4.15. The van der Waals surface area contributed by atoms with E-state index >= 15 is 0 Å². The van der Waals surface area contributed by atoms with E-state index in [1.165, 1.54) is 10.5 Å². The molecule has 1 rings (SSSR count). The molecule has 0 aromatic carbocycles. The average molecular weight is 315 g/mol. The summed E-state index contributed by atoms with van der Waals surface area (Å²) in [7, 11) is -0.406. The Hall–Kier alpha value is -1.18. The van der Waals surface area contributed by atoms with Crippen LogP contribution < -0.4 is 5.32 Å². The van der Waals surface area contributed by atoms with Gasteiger partial charge in [-0.3, -0.25) is 0 Å². The summed E-state index contributed by atoms with van der Waals surface area (Å²) in [4.78, 5) is 4.07. The first-order chi connectivity index (χ1) is 10.0. The van der Waals surface area contributed by atoms with E-state index in [1.54, 1.807) is 26.3 Å². The number of nitrogens with one attached hydrogen (secondary N) is 1. The van der Waals surface area contributed by atoms with E-state index in [9.17, 15) is 8.42 Å². The monoisotopic (exact) mass is 315 g/mol. The zero-order valence-electron chi connectivity index (χ0n) is 13.2. The number of nitrogens with zero attached hydrogens (tertiary/aromatic N) is 2. The fourth-order valence-corrected chi connectivity index (χ4v) is 4.14. The minimum atomic E-state index is -3.66. The number of aromatic nitrogens is 1. The maximum absolute atomic E-state index is 12.9. The van der Waals surface area contributed by atoms with Crippen LogP contribution in [0.4, 0.5) is 5.69 Å². The predicted octanol–water partition coefficient (Wildman–Crippen LogP) is 1.95. The molecular formula is C14H25N3O3S. The maximum atomic E-state index is 12.9. The summed E-state index contributed by atoms with van der Waals surface area (Å²) in [5.74, 6) is 0. The summed E-state index contributed by atoms with van der Waals surface area (Å²) >= 11 is 0. The molecule has 0 bridgehead atoms. The molecule has 1 aromatic heterocycles. The number of sulfonamides is 1. The van der Waals surface area contributed by atoms with Gasteiger partial charge in [0.1, 0.15) is 0 Å². The molecule has 6 nitrogen and oxygen atoms in total. The number of ether oxygens (including phenoxy) is 1. The van der Waals surface area contributed by atoms with Crippen LogP contribution in [0.1, 0.15) is 26.7 Å². The topological polar surface area (TPSA) is 71.5 Å². The predicted molar refractivity (Wildman–Crippen MR) is 83.9 cm³/mol. The molecule has 0 unspecified atom stereocenters. The van der Waals surface area contributed by atoms with Gasteiger partial charge < -0.3 is 10.1 Å². The van der Waals surface area contributed by atoms with Crippen molar-refractivity contribution in [3.63, 3.8) is 0 Å². The van der Waals surface area contributed by atoms with Crippen molar-refractivity contribution >= 4 is 15.7 Å². The Balaban J connectivity index is 3.25. The second kappa shape index (κ2) is 8.31. The molecule has 0 saturated carbocycles. The normalized spacial score (nSPS) is 12.1. The summed E-state index contributed by atoms with van der Waals surface area (Å²) in [5.41, 5.74) is 0.505. The van der Waals surface area contributed by atoms with Crippen LogP contribution >= 0.6 is 0 Å². The Morgan fingerprint density at radius 2 is 2.05 bits per heavy atom. The van der Waals surface area contributed by atoms with Crippen LogP contribution in [-0.2, 0) is 14.8 Å². The lowest BCUT2D eigenvalue weighted by Crippen LogP contribution is -2.42. The highest BCUT2D eigenvalue weighted by molar-refractivity contribution is 7.89. The van der Waals surface area contributed by atoms with E-state index in [2.05, 4.69) is 10.3 Å². The molecule has 1 heterocycles. The van der Waals surface area contributed by atoms with Crippen molar-refractivity contribution in [2.45, 2.75) is 37.8 Å². The van der Waals surface area contributed by atoms with Crippen molar-refractivity contribution in [3.05, 3.63) is 18.3 Å². The molecule has 7 heteroatoms. The van der Waals surface area contributed by atoms with Gasteiger partial charge in [0.05, 0.1) is 12.3 Å². The van der Waals surface area contributed by atoms with Gasteiger partial charge in [-0.2, -0.15) is 4.31 Å². The lowest BCUT2D eigenvalue weighted by Gasteiger charge is -2.29. The Kier molecular flexibility index (Phi) is 7.07. The molecule has 0 aliphatic rings. The number of rotatable bonds is 9. The SMILES string of the molecule is CCC(CC)N(CCOC)S(=O)(=O)c1ncccc1NC. The largest absolute Gasteiger partial charge is 0.386 e. The molecule has 0 fully saturated rings. The summed E-state index contributed by atoms with van der Waals surface area (Å²) in [5, 5.41) is 2.95. The van der Waals surface area contributed by atoms with Crippen molar-refractivity contribution in [1.82, 2.24) is 9.29 Å². The van der Waals surface area contributed by atoms with Crippen molar-refractivity contribution in [3.8, 4) is 0 Å². The maximum Gasteiger partial charge on any atom is 0.262 e. The molecule has 1 aromatic rings.